The lowest BCUT2D eigenvalue weighted by molar-refractivity contribution is 0.601. The molecule has 5 nitrogen and oxygen atoms in total. The van der Waals surface area contributed by atoms with Crippen LogP contribution in [0, 0.1) is 0 Å². The number of nitrogens with two attached hydrogens (primary N) is 1. The molecule has 1 heterocycles. The molecule has 0 amide bonds. The number of hydrogen-bond acceptors (Lipinski definition) is 5. The van der Waals surface area contributed by atoms with Crippen molar-refractivity contribution in [3.8, 4) is 0 Å². The topological polar surface area (TPSA) is 76.3 Å². The summed E-state index contributed by atoms with van der Waals surface area (Å²) >= 11 is 6.14. The highest BCUT2D eigenvalue weighted by molar-refractivity contribution is 7.90. The van der Waals surface area contributed by atoms with Crippen molar-refractivity contribution in [3.63, 3.8) is 0 Å². The summed E-state index contributed by atoms with van der Waals surface area (Å²) in [5.41, 5.74) is 7.17. The molecule has 2 N–H and O–H groups in total. The first kappa shape index (κ1) is 15.6. The van der Waals surface area contributed by atoms with E-state index in [1.54, 1.807) is 42.4 Å². The molecule has 0 bridgehead atoms. The van der Waals surface area contributed by atoms with Crippen molar-refractivity contribution in [2.24, 2.45) is 0 Å². The Morgan fingerprint density at radius 3 is 2.71 bits per heavy atom. The summed E-state index contributed by atoms with van der Waals surface area (Å²) in [4.78, 5) is 6.09. The molecular weight excluding hydrogens is 310 g/mol. The molecule has 0 saturated carbocycles. The Morgan fingerprint density at radius 1 is 1.33 bits per heavy atom. The molecule has 7 heteroatoms. The molecule has 0 radical (unpaired) electrons. The highest BCUT2D eigenvalue weighted by atomic mass is 35.5. The average Bonchev–Trinajstić information content (AvgIpc) is 2.42. The summed E-state index contributed by atoms with van der Waals surface area (Å²) < 4.78 is 23.6. The monoisotopic (exact) mass is 325 g/mol. The summed E-state index contributed by atoms with van der Waals surface area (Å²) in [6, 6.07) is 8.34. The lowest BCUT2D eigenvalue weighted by Crippen LogP contribution is -2.20. The second-order valence-electron chi connectivity index (χ2n) is 4.80. The van der Waals surface area contributed by atoms with E-state index in [9.17, 15) is 8.42 Å². The molecular formula is C14H16ClN3O2S. The molecule has 21 heavy (non-hydrogen) atoms. The second-order valence-corrected chi connectivity index (χ2v) is 7.20. The molecule has 0 aliphatic rings. The first-order chi connectivity index (χ1) is 9.79. The van der Waals surface area contributed by atoms with Crippen molar-refractivity contribution in [1.29, 1.82) is 0 Å². The third-order valence-electron chi connectivity index (χ3n) is 2.99. The lowest BCUT2D eigenvalue weighted by atomic mass is 10.2. The number of anilines is 2. The van der Waals surface area contributed by atoms with E-state index in [0.717, 1.165) is 11.8 Å². The Hall–Kier alpha value is -1.79. The Bertz CT molecular complexity index is 763. The summed E-state index contributed by atoms with van der Waals surface area (Å²) in [5, 5.41) is 0.577. The van der Waals surface area contributed by atoms with Crippen LogP contribution in [0.5, 0.6) is 0 Å². The first-order valence-electron chi connectivity index (χ1n) is 6.19. The molecule has 0 aliphatic carbocycles. The Kier molecular flexibility index (Phi) is 4.39. The molecule has 1 aromatic heterocycles. The van der Waals surface area contributed by atoms with Gasteiger partial charge in [0.1, 0.15) is 10.7 Å². The number of sulfone groups is 1. The van der Waals surface area contributed by atoms with Crippen LogP contribution in [0.2, 0.25) is 5.02 Å². The van der Waals surface area contributed by atoms with Crippen molar-refractivity contribution in [1.82, 2.24) is 4.98 Å². The van der Waals surface area contributed by atoms with Crippen molar-refractivity contribution < 1.29 is 8.42 Å². The van der Waals surface area contributed by atoms with Crippen LogP contribution >= 0.6 is 11.6 Å². The van der Waals surface area contributed by atoms with Crippen LogP contribution in [-0.2, 0) is 16.4 Å². The van der Waals surface area contributed by atoms with E-state index in [-0.39, 0.29) is 4.90 Å². The highest BCUT2D eigenvalue weighted by Gasteiger charge is 2.17. The number of aromatic nitrogens is 1. The Labute approximate surface area is 129 Å². The molecule has 2 rings (SSSR count). The number of nitrogens with zero attached hydrogens (tertiary/aromatic N) is 2. The van der Waals surface area contributed by atoms with Gasteiger partial charge in [-0.3, -0.25) is 0 Å². The minimum absolute atomic E-state index is 0.188. The maximum atomic E-state index is 11.8. The SMILES string of the molecule is CN(Cc1cc(N)ccc1Cl)c1ncccc1S(C)(=O)=O. The van der Waals surface area contributed by atoms with Gasteiger partial charge in [0.05, 0.1) is 0 Å². The van der Waals surface area contributed by atoms with Gasteiger partial charge in [0.2, 0.25) is 0 Å². The zero-order valence-electron chi connectivity index (χ0n) is 11.7. The van der Waals surface area contributed by atoms with Gasteiger partial charge in [-0.2, -0.15) is 0 Å². The molecule has 0 fully saturated rings. The third kappa shape index (κ3) is 3.65. The first-order valence-corrected chi connectivity index (χ1v) is 8.46. The normalized spacial score (nSPS) is 11.4. The van der Waals surface area contributed by atoms with E-state index in [4.69, 9.17) is 17.3 Å². The quantitative estimate of drug-likeness (QED) is 0.873. The fourth-order valence-electron chi connectivity index (χ4n) is 2.00. The zero-order chi connectivity index (χ0) is 15.6. The third-order valence-corrected chi connectivity index (χ3v) is 4.48. The van der Waals surface area contributed by atoms with Gasteiger partial charge in [-0.05, 0) is 35.9 Å². The van der Waals surface area contributed by atoms with Gasteiger partial charge in [0, 0.05) is 36.8 Å². The fourth-order valence-corrected chi connectivity index (χ4v) is 3.05. The number of rotatable bonds is 4. The molecule has 2 aromatic rings. The number of halogens is 1. The maximum absolute atomic E-state index is 11.8. The van der Waals surface area contributed by atoms with E-state index < -0.39 is 9.84 Å². The standard InChI is InChI=1S/C14H16ClN3O2S/c1-18(9-10-8-11(16)5-6-12(10)15)14-13(21(2,19)20)4-3-7-17-14/h3-8H,9,16H2,1-2H3. The highest BCUT2D eigenvalue weighted by Crippen LogP contribution is 2.25. The molecule has 0 aliphatic heterocycles. The zero-order valence-corrected chi connectivity index (χ0v) is 13.3. The van der Waals surface area contributed by atoms with Gasteiger partial charge >= 0.3 is 0 Å². The van der Waals surface area contributed by atoms with Crippen LogP contribution in [0.4, 0.5) is 11.5 Å². The van der Waals surface area contributed by atoms with Crippen molar-refractivity contribution in [2.75, 3.05) is 23.9 Å². The van der Waals surface area contributed by atoms with E-state index in [2.05, 4.69) is 4.98 Å². The predicted octanol–water partition coefficient (Wildman–Crippen LogP) is 2.36. The number of pyridine rings is 1. The van der Waals surface area contributed by atoms with Crippen molar-refractivity contribution in [2.45, 2.75) is 11.4 Å². The number of nitrogen functional groups attached to an aromatic ring is 1. The number of hydrogen-bond donors (Lipinski definition) is 1. The van der Waals surface area contributed by atoms with E-state index in [0.29, 0.717) is 23.1 Å². The minimum Gasteiger partial charge on any atom is -0.399 e. The molecule has 0 unspecified atom stereocenters. The van der Waals surface area contributed by atoms with Crippen molar-refractivity contribution in [3.05, 3.63) is 47.1 Å². The van der Waals surface area contributed by atoms with Crippen LogP contribution in [0.3, 0.4) is 0 Å². The summed E-state index contributed by atoms with van der Waals surface area (Å²) in [6.45, 7) is 0.406. The van der Waals surface area contributed by atoms with Crippen LogP contribution in [0.1, 0.15) is 5.56 Å². The van der Waals surface area contributed by atoms with Gasteiger partial charge < -0.3 is 10.6 Å². The fraction of sp³-hybridized carbons (Fsp3) is 0.214. The largest absolute Gasteiger partial charge is 0.399 e. The Balaban J connectivity index is 2.38. The van der Waals surface area contributed by atoms with Crippen LogP contribution < -0.4 is 10.6 Å². The second kappa shape index (κ2) is 5.91. The van der Waals surface area contributed by atoms with E-state index in [1.807, 2.05) is 0 Å². The summed E-state index contributed by atoms with van der Waals surface area (Å²) in [7, 11) is -1.59. The molecule has 0 atom stereocenters. The van der Waals surface area contributed by atoms with Crippen LogP contribution in [-0.4, -0.2) is 26.7 Å². The van der Waals surface area contributed by atoms with E-state index in [1.165, 1.54) is 6.07 Å². The number of benzene rings is 1. The van der Waals surface area contributed by atoms with Gasteiger partial charge in [0.15, 0.2) is 9.84 Å². The lowest BCUT2D eigenvalue weighted by Gasteiger charge is -2.21. The smallest absolute Gasteiger partial charge is 0.179 e. The van der Waals surface area contributed by atoms with Gasteiger partial charge in [0.25, 0.3) is 0 Å². The molecule has 0 saturated heterocycles. The average molecular weight is 326 g/mol. The van der Waals surface area contributed by atoms with Gasteiger partial charge in [-0.15, -0.1) is 0 Å². The molecule has 1 aromatic carbocycles. The summed E-state index contributed by atoms with van der Waals surface area (Å²) in [6.07, 6.45) is 2.72. The van der Waals surface area contributed by atoms with Crippen LogP contribution in [0.25, 0.3) is 0 Å². The van der Waals surface area contributed by atoms with Gasteiger partial charge in [-0.1, -0.05) is 11.6 Å². The maximum Gasteiger partial charge on any atom is 0.179 e. The van der Waals surface area contributed by atoms with E-state index >= 15 is 0 Å². The van der Waals surface area contributed by atoms with Gasteiger partial charge in [-0.25, -0.2) is 13.4 Å². The predicted molar refractivity (Wildman–Crippen MR) is 85.3 cm³/mol. The minimum atomic E-state index is -3.35. The molecule has 112 valence electrons. The summed E-state index contributed by atoms with van der Waals surface area (Å²) in [5.74, 6) is 0.387. The Morgan fingerprint density at radius 2 is 2.05 bits per heavy atom. The van der Waals surface area contributed by atoms with Crippen molar-refractivity contribution >= 4 is 32.9 Å². The molecule has 0 spiro atoms. The van der Waals surface area contributed by atoms with Crippen LogP contribution in [0.15, 0.2) is 41.4 Å².